The zero-order valence-corrected chi connectivity index (χ0v) is 28.5. The molecule has 0 bridgehead atoms. The fraction of sp³-hybridized carbons (Fsp3) is 0.471. The number of para-hydroxylation sites is 1. The van der Waals surface area contributed by atoms with E-state index in [1.807, 2.05) is 11.4 Å². The van der Waals surface area contributed by atoms with Crippen LogP contribution in [0.3, 0.4) is 0 Å². The maximum absolute atomic E-state index is 5.85. The number of thiophene rings is 1. The number of benzene rings is 2. The molecule has 0 spiro atoms. The Bertz CT molecular complexity index is 1390. The standard InChI is InChI=1S/C34H48N7OPS/c1-6-43(7-2)32-11-9-8-10-29(32)38-34(33-30(35-3)16-23-44-33)37-25-36-28-13-12-27(24-31(28)42-5)40-17-14-26(15-18-40)41-21-19-39(4)20-22-41/h8-13,16,23-24,26,36H,3,6-7,14-15,17-22,25H2,1-2,4-5H3,(H,37,38). The van der Waals surface area contributed by atoms with Gasteiger partial charge in [-0.1, -0.05) is 40.0 Å². The molecule has 0 aliphatic carbocycles. The molecule has 2 N–H and O–H groups in total. The van der Waals surface area contributed by atoms with Crippen LogP contribution >= 0.6 is 19.3 Å². The van der Waals surface area contributed by atoms with E-state index in [1.165, 1.54) is 50.0 Å². The van der Waals surface area contributed by atoms with Gasteiger partial charge in [0, 0.05) is 62.8 Å². The molecule has 8 nitrogen and oxygen atoms in total. The molecule has 3 heterocycles. The molecule has 44 heavy (non-hydrogen) atoms. The number of ether oxygens (including phenoxy) is 1. The minimum Gasteiger partial charge on any atom is -0.495 e. The Morgan fingerprint density at radius 3 is 2.45 bits per heavy atom. The van der Waals surface area contributed by atoms with Crippen LogP contribution in [0, 0.1) is 0 Å². The lowest BCUT2D eigenvalue weighted by molar-refractivity contribution is 0.0982. The average Bonchev–Trinajstić information content (AvgIpc) is 3.55. The van der Waals surface area contributed by atoms with E-state index >= 15 is 0 Å². The Labute approximate surface area is 269 Å². The van der Waals surface area contributed by atoms with Crippen molar-refractivity contribution in [2.75, 3.05) is 88.0 Å². The SMILES string of the molecule is C=Nc1ccsc1/C(=N\CNc1ccc(N2CCC(N3CCN(C)CC3)CC2)cc1OC)Nc1ccccc1P(CC)CC. The number of likely N-dealkylation sites (N-methyl/N-ethyl adjacent to an activating group) is 1. The minimum absolute atomic E-state index is 0.234. The summed E-state index contributed by atoms with van der Waals surface area (Å²) in [6.45, 7) is 15.6. The number of methoxy groups -OCH3 is 1. The number of aliphatic imine (C=N–C) groups is 2. The summed E-state index contributed by atoms with van der Waals surface area (Å²) in [5.74, 6) is 1.63. The third kappa shape index (κ3) is 7.81. The summed E-state index contributed by atoms with van der Waals surface area (Å²) in [6.07, 6.45) is 4.73. The van der Waals surface area contributed by atoms with Crippen molar-refractivity contribution in [1.29, 1.82) is 0 Å². The van der Waals surface area contributed by atoms with Crippen molar-refractivity contribution in [3.05, 3.63) is 58.8 Å². The van der Waals surface area contributed by atoms with E-state index < -0.39 is 0 Å². The molecule has 10 heteroatoms. The smallest absolute Gasteiger partial charge is 0.147 e. The van der Waals surface area contributed by atoms with Crippen molar-refractivity contribution in [3.63, 3.8) is 0 Å². The van der Waals surface area contributed by atoms with Gasteiger partial charge in [-0.15, -0.1) is 11.3 Å². The normalized spacial score (nSPS) is 17.2. The number of hydrogen-bond acceptors (Lipinski definition) is 8. The highest BCUT2D eigenvalue weighted by atomic mass is 32.1. The molecular weight excluding hydrogens is 585 g/mol. The third-order valence-electron chi connectivity index (χ3n) is 8.87. The van der Waals surface area contributed by atoms with Crippen molar-refractivity contribution in [3.8, 4) is 5.75 Å². The Balaban J connectivity index is 1.28. The van der Waals surface area contributed by atoms with E-state index in [2.05, 4.69) is 100 Å². The van der Waals surface area contributed by atoms with E-state index in [-0.39, 0.29) is 7.92 Å². The average molecular weight is 634 g/mol. The largest absolute Gasteiger partial charge is 0.495 e. The number of nitrogens with zero attached hydrogens (tertiary/aromatic N) is 5. The Morgan fingerprint density at radius 1 is 1.00 bits per heavy atom. The molecule has 2 aliphatic rings. The van der Waals surface area contributed by atoms with Crippen LogP contribution in [-0.4, -0.2) is 101 Å². The summed E-state index contributed by atoms with van der Waals surface area (Å²) in [4.78, 5) is 17.9. The molecular formula is C34H48N7OPS. The number of piperazine rings is 1. The fourth-order valence-electron chi connectivity index (χ4n) is 6.22. The summed E-state index contributed by atoms with van der Waals surface area (Å²) >= 11 is 1.62. The van der Waals surface area contributed by atoms with Gasteiger partial charge in [0.15, 0.2) is 0 Å². The van der Waals surface area contributed by atoms with Crippen molar-refractivity contribution in [2.45, 2.75) is 32.7 Å². The van der Waals surface area contributed by atoms with Gasteiger partial charge < -0.3 is 25.2 Å². The zero-order chi connectivity index (χ0) is 30.9. The minimum atomic E-state index is -0.234. The fourth-order valence-corrected chi connectivity index (χ4v) is 8.93. The van der Waals surface area contributed by atoms with E-state index in [0.717, 1.165) is 58.9 Å². The van der Waals surface area contributed by atoms with Gasteiger partial charge >= 0.3 is 0 Å². The number of nitrogens with one attached hydrogen (secondary N) is 2. The van der Waals surface area contributed by atoms with Crippen molar-refractivity contribution in [1.82, 2.24) is 9.80 Å². The van der Waals surface area contributed by atoms with Gasteiger partial charge in [0.1, 0.15) is 18.3 Å². The molecule has 0 amide bonds. The zero-order valence-electron chi connectivity index (χ0n) is 26.8. The van der Waals surface area contributed by atoms with Crippen LogP contribution in [0.4, 0.5) is 22.7 Å². The first kappa shape index (κ1) is 32.4. The van der Waals surface area contributed by atoms with Crippen LogP contribution in [0.15, 0.2) is 63.9 Å². The van der Waals surface area contributed by atoms with Gasteiger partial charge in [-0.25, -0.2) is 4.99 Å². The summed E-state index contributed by atoms with van der Waals surface area (Å²) in [6, 6.07) is 17.8. The maximum Gasteiger partial charge on any atom is 0.147 e. The first-order valence-electron chi connectivity index (χ1n) is 15.8. The highest BCUT2D eigenvalue weighted by Crippen LogP contribution is 2.37. The van der Waals surface area contributed by atoms with Gasteiger partial charge in [-0.05, 0) is 73.9 Å². The lowest BCUT2D eigenvalue weighted by atomic mass is 10.0. The van der Waals surface area contributed by atoms with Crippen molar-refractivity contribution >= 4 is 59.9 Å². The molecule has 0 unspecified atom stereocenters. The molecule has 0 radical (unpaired) electrons. The van der Waals surface area contributed by atoms with Crippen molar-refractivity contribution < 1.29 is 4.74 Å². The molecule has 2 aliphatic heterocycles. The predicted octanol–water partition coefficient (Wildman–Crippen LogP) is 6.38. The second-order valence-electron chi connectivity index (χ2n) is 11.4. The monoisotopic (exact) mass is 633 g/mol. The van der Waals surface area contributed by atoms with Crippen LogP contribution in [0.2, 0.25) is 0 Å². The second kappa shape index (κ2) is 15.8. The van der Waals surface area contributed by atoms with Crippen LogP contribution < -0.4 is 25.6 Å². The van der Waals surface area contributed by atoms with Crippen LogP contribution in [0.25, 0.3) is 0 Å². The molecule has 0 saturated carbocycles. The molecule has 2 aromatic carbocycles. The summed E-state index contributed by atoms with van der Waals surface area (Å²) in [7, 11) is 3.73. The molecule has 1 aromatic heterocycles. The lowest BCUT2D eigenvalue weighted by Gasteiger charge is -2.42. The number of rotatable bonds is 12. The summed E-state index contributed by atoms with van der Waals surface area (Å²) in [5.41, 5.74) is 4.10. The van der Waals surface area contributed by atoms with Gasteiger partial charge in [0.25, 0.3) is 0 Å². The van der Waals surface area contributed by atoms with Gasteiger partial charge in [0.05, 0.1) is 23.4 Å². The van der Waals surface area contributed by atoms with Gasteiger partial charge in [0.2, 0.25) is 0 Å². The molecule has 5 rings (SSSR count). The van der Waals surface area contributed by atoms with Crippen LogP contribution in [0.5, 0.6) is 5.75 Å². The second-order valence-corrected chi connectivity index (χ2v) is 15.1. The topological polar surface area (TPSA) is 67.7 Å². The predicted molar refractivity (Wildman–Crippen MR) is 194 cm³/mol. The lowest BCUT2D eigenvalue weighted by Crippen LogP contribution is -2.52. The Morgan fingerprint density at radius 2 is 1.75 bits per heavy atom. The summed E-state index contributed by atoms with van der Waals surface area (Å²) in [5, 5.41) is 10.6. The third-order valence-corrected chi connectivity index (χ3v) is 12.4. The van der Waals surface area contributed by atoms with E-state index in [0.29, 0.717) is 12.7 Å². The number of anilines is 3. The number of piperidine rings is 1. The van der Waals surface area contributed by atoms with Gasteiger partial charge in [-0.3, -0.25) is 9.89 Å². The van der Waals surface area contributed by atoms with E-state index in [1.54, 1.807) is 18.4 Å². The van der Waals surface area contributed by atoms with E-state index in [4.69, 9.17) is 9.73 Å². The molecule has 236 valence electrons. The Kier molecular flexibility index (Phi) is 11.7. The molecule has 2 fully saturated rings. The van der Waals surface area contributed by atoms with Crippen LogP contribution in [-0.2, 0) is 0 Å². The first-order chi connectivity index (χ1) is 21.5. The summed E-state index contributed by atoms with van der Waals surface area (Å²) < 4.78 is 5.85. The van der Waals surface area contributed by atoms with Crippen LogP contribution in [0.1, 0.15) is 31.6 Å². The van der Waals surface area contributed by atoms with Gasteiger partial charge in [-0.2, -0.15) is 0 Å². The van der Waals surface area contributed by atoms with E-state index in [9.17, 15) is 0 Å². The number of hydrogen-bond donors (Lipinski definition) is 2. The van der Waals surface area contributed by atoms with Crippen molar-refractivity contribution in [2.24, 2.45) is 9.98 Å². The molecule has 3 aromatic rings. The first-order valence-corrected chi connectivity index (χ1v) is 18.4. The highest BCUT2D eigenvalue weighted by Gasteiger charge is 2.27. The maximum atomic E-state index is 5.85. The Hall–Kier alpha value is -2.97. The molecule has 0 atom stereocenters. The number of amidine groups is 1. The quantitative estimate of drug-likeness (QED) is 0.137. The molecule has 2 saturated heterocycles. The highest BCUT2D eigenvalue weighted by molar-refractivity contribution is 7.65.